The number of amides is 2. The van der Waals surface area contributed by atoms with Crippen molar-refractivity contribution in [2.45, 2.75) is 19.8 Å². The smallest absolute Gasteiger partial charge is 0.249 e. The standard InChI is InChI=1S/C19H19BrFN3O3/c1-2-9-27-17-8-7-14(20)10-13(17)12-22-24-19(26)11-18(25)23-16-6-4-3-5-15(16)21/h3-8,10,12H,2,9,11H2,1H3,(H,23,25)(H,24,26). The predicted molar refractivity (Wildman–Crippen MR) is 105 cm³/mol. The number of carbonyl (C=O) groups is 2. The van der Waals surface area contributed by atoms with Gasteiger partial charge in [0.2, 0.25) is 11.8 Å². The summed E-state index contributed by atoms with van der Waals surface area (Å²) in [5.74, 6) is -1.19. The molecule has 2 amide bonds. The number of anilines is 1. The number of nitrogens with one attached hydrogen (secondary N) is 2. The molecule has 0 aliphatic heterocycles. The SMILES string of the molecule is CCCOc1ccc(Br)cc1C=NNC(=O)CC(=O)Nc1ccccc1F. The Hall–Kier alpha value is -2.74. The van der Waals surface area contributed by atoms with Crippen molar-refractivity contribution in [1.29, 1.82) is 0 Å². The van der Waals surface area contributed by atoms with E-state index in [4.69, 9.17) is 4.74 Å². The van der Waals surface area contributed by atoms with Crippen LogP contribution in [0.25, 0.3) is 0 Å². The molecule has 0 aliphatic carbocycles. The lowest BCUT2D eigenvalue weighted by molar-refractivity contribution is -0.126. The lowest BCUT2D eigenvalue weighted by Crippen LogP contribution is -2.25. The quantitative estimate of drug-likeness (QED) is 0.375. The molecular weight excluding hydrogens is 417 g/mol. The molecule has 0 aromatic heterocycles. The van der Waals surface area contributed by atoms with E-state index in [0.717, 1.165) is 10.9 Å². The van der Waals surface area contributed by atoms with Crippen molar-refractivity contribution in [3.63, 3.8) is 0 Å². The van der Waals surface area contributed by atoms with Crippen molar-refractivity contribution in [1.82, 2.24) is 5.43 Å². The fourth-order valence-corrected chi connectivity index (χ4v) is 2.46. The van der Waals surface area contributed by atoms with Crippen molar-refractivity contribution in [2.24, 2.45) is 5.10 Å². The summed E-state index contributed by atoms with van der Waals surface area (Å²) in [7, 11) is 0. The van der Waals surface area contributed by atoms with E-state index < -0.39 is 24.1 Å². The number of rotatable bonds is 8. The summed E-state index contributed by atoms with van der Waals surface area (Å²) in [5, 5.41) is 6.19. The second-order valence-electron chi connectivity index (χ2n) is 5.53. The van der Waals surface area contributed by atoms with Crippen molar-refractivity contribution in [3.05, 3.63) is 58.3 Å². The molecule has 2 rings (SSSR count). The Morgan fingerprint density at radius 2 is 2.00 bits per heavy atom. The van der Waals surface area contributed by atoms with Gasteiger partial charge in [0, 0.05) is 10.0 Å². The van der Waals surface area contributed by atoms with Gasteiger partial charge in [0.25, 0.3) is 0 Å². The molecular formula is C19H19BrFN3O3. The monoisotopic (exact) mass is 435 g/mol. The second kappa shape index (κ2) is 10.4. The Balaban J connectivity index is 1.90. The Bertz CT molecular complexity index is 843. The van der Waals surface area contributed by atoms with Crippen LogP contribution in [-0.4, -0.2) is 24.6 Å². The maximum absolute atomic E-state index is 13.5. The van der Waals surface area contributed by atoms with Crippen LogP contribution in [0.15, 0.2) is 52.0 Å². The molecule has 6 nitrogen and oxygen atoms in total. The minimum Gasteiger partial charge on any atom is -0.493 e. The highest BCUT2D eigenvalue weighted by Crippen LogP contribution is 2.22. The largest absolute Gasteiger partial charge is 0.493 e. The Morgan fingerprint density at radius 3 is 2.74 bits per heavy atom. The van der Waals surface area contributed by atoms with Crippen LogP contribution in [0.1, 0.15) is 25.3 Å². The van der Waals surface area contributed by atoms with E-state index in [1.807, 2.05) is 13.0 Å². The first-order valence-corrected chi connectivity index (χ1v) is 9.07. The van der Waals surface area contributed by atoms with Gasteiger partial charge >= 0.3 is 0 Å². The van der Waals surface area contributed by atoms with Gasteiger partial charge in [-0.25, -0.2) is 9.82 Å². The fraction of sp³-hybridized carbons (Fsp3) is 0.211. The van der Waals surface area contributed by atoms with Gasteiger partial charge in [0.1, 0.15) is 18.0 Å². The molecule has 0 atom stereocenters. The van der Waals surface area contributed by atoms with Crippen LogP contribution in [-0.2, 0) is 9.59 Å². The topological polar surface area (TPSA) is 79.8 Å². The van der Waals surface area contributed by atoms with Crippen LogP contribution in [0.5, 0.6) is 5.75 Å². The highest BCUT2D eigenvalue weighted by molar-refractivity contribution is 9.10. The average Bonchev–Trinajstić information content (AvgIpc) is 2.63. The summed E-state index contributed by atoms with van der Waals surface area (Å²) in [6, 6.07) is 11.2. The molecule has 2 aromatic carbocycles. The molecule has 0 aliphatic rings. The minimum atomic E-state index is -0.637. The third-order valence-electron chi connectivity index (χ3n) is 3.30. The van der Waals surface area contributed by atoms with Crippen LogP contribution in [0.2, 0.25) is 0 Å². The van der Waals surface area contributed by atoms with E-state index in [9.17, 15) is 14.0 Å². The van der Waals surface area contributed by atoms with Crippen LogP contribution in [0.3, 0.4) is 0 Å². The summed E-state index contributed by atoms with van der Waals surface area (Å²) in [6.07, 6.45) is 1.81. The van der Waals surface area contributed by atoms with Crippen LogP contribution in [0, 0.1) is 5.82 Å². The Labute approximate surface area is 164 Å². The third kappa shape index (κ3) is 6.82. The van der Waals surface area contributed by atoms with Gasteiger partial charge in [-0.15, -0.1) is 0 Å². The highest BCUT2D eigenvalue weighted by Gasteiger charge is 2.11. The maximum atomic E-state index is 13.5. The molecule has 0 bridgehead atoms. The van der Waals surface area contributed by atoms with E-state index in [2.05, 4.69) is 31.8 Å². The number of nitrogens with zero attached hydrogens (tertiary/aromatic N) is 1. The molecule has 2 N–H and O–H groups in total. The normalized spacial score (nSPS) is 10.6. The average molecular weight is 436 g/mol. The third-order valence-corrected chi connectivity index (χ3v) is 3.79. The zero-order valence-electron chi connectivity index (χ0n) is 14.7. The van der Waals surface area contributed by atoms with Gasteiger partial charge in [0.15, 0.2) is 0 Å². The summed E-state index contributed by atoms with van der Waals surface area (Å²) in [4.78, 5) is 23.6. The number of halogens is 2. The molecule has 8 heteroatoms. The van der Waals surface area contributed by atoms with Gasteiger partial charge in [-0.2, -0.15) is 5.10 Å². The van der Waals surface area contributed by atoms with Gasteiger partial charge in [-0.1, -0.05) is 35.0 Å². The molecule has 0 heterocycles. The molecule has 0 saturated heterocycles. The summed E-state index contributed by atoms with van der Waals surface area (Å²) in [6.45, 7) is 2.56. The van der Waals surface area contributed by atoms with E-state index >= 15 is 0 Å². The van der Waals surface area contributed by atoms with Crippen molar-refractivity contribution in [2.75, 3.05) is 11.9 Å². The summed E-state index contributed by atoms with van der Waals surface area (Å²) < 4.78 is 19.9. The van der Waals surface area contributed by atoms with Crippen molar-refractivity contribution >= 4 is 39.6 Å². The number of ether oxygens (including phenoxy) is 1. The molecule has 0 unspecified atom stereocenters. The lowest BCUT2D eigenvalue weighted by atomic mass is 10.2. The van der Waals surface area contributed by atoms with Gasteiger partial charge < -0.3 is 10.1 Å². The summed E-state index contributed by atoms with van der Waals surface area (Å²) >= 11 is 3.37. The summed E-state index contributed by atoms with van der Waals surface area (Å²) in [5.41, 5.74) is 2.96. The lowest BCUT2D eigenvalue weighted by Gasteiger charge is -2.08. The molecule has 0 fully saturated rings. The maximum Gasteiger partial charge on any atom is 0.249 e. The van der Waals surface area contributed by atoms with E-state index in [-0.39, 0.29) is 5.69 Å². The molecule has 0 spiro atoms. The number of carbonyl (C=O) groups excluding carboxylic acids is 2. The zero-order chi connectivity index (χ0) is 19.6. The molecule has 27 heavy (non-hydrogen) atoms. The predicted octanol–water partition coefficient (Wildman–Crippen LogP) is 3.86. The number of benzene rings is 2. The first-order chi connectivity index (χ1) is 13.0. The molecule has 2 aromatic rings. The van der Waals surface area contributed by atoms with Gasteiger partial charge in [-0.05, 0) is 36.8 Å². The Morgan fingerprint density at radius 1 is 1.22 bits per heavy atom. The van der Waals surface area contributed by atoms with Gasteiger partial charge in [-0.3, -0.25) is 9.59 Å². The highest BCUT2D eigenvalue weighted by atomic mass is 79.9. The van der Waals surface area contributed by atoms with Crippen LogP contribution in [0.4, 0.5) is 10.1 Å². The first kappa shape index (κ1) is 20.6. The van der Waals surface area contributed by atoms with Crippen molar-refractivity contribution in [3.8, 4) is 5.75 Å². The molecule has 0 saturated carbocycles. The number of hydrogen-bond donors (Lipinski definition) is 2. The molecule has 0 radical (unpaired) electrons. The first-order valence-electron chi connectivity index (χ1n) is 8.28. The van der Waals surface area contributed by atoms with Gasteiger partial charge in [0.05, 0.1) is 18.5 Å². The van der Waals surface area contributed by atoms with Crippen LogP contribution < -0.4 is 15.5 Å². The van der Waals surface area contributed by atoms with E-state index in [1.165, 1.54) is 24.4 Å². The zero-order valence-corrected chi connectivity index (χ0v) is 16.3. The number of hydrogen-bond acceptors (Lipinski definition) is 4. The second-order valence-corrected chi connectivity index (χ2v) is 6.44. The van der Waals surface area contributed by atoms with Crippen molar-refractivity contribution < 1.29 is 18.7 Å². The number of hydrazone groups is 1. The Kier molecular flexibility index (Phi) is 7.94. The minimum absolute atomic E-state index is 0.0191. The van der Waals surface area contributed by atoms with E-state index in [0.29, 0.717) is 17.9 Å². The fourth-order valence-electron chi connectivity index (χ4n) is 2.08. The van der Waals surface area contributed by atoms with E-state index in [1.54, 1.807) is 18.2 Å². The number of para-hydroxylation sites is 1. The van der Waals surface area contributed by atoms with Crippen LogP contribution >= 0.6 is 15.9 Å². The molecule has 142 valence electrons.